The Morgan fingerprint density at radius 2 is 1.95 bits per heavy atom. The van der Waals surface area contributed by atoms with Gasteiger partial charge in [0.2, 0.25) is 10.0 Å². The summed E-state index contributed by atoms with van der Waals surface area (Å²) in [7, 11) is -2.20. The molecule has 7 heteroatoms. The van der Waals surface area contributed by atoms with Crippen LogP contribution in [0.15, 0.2) is 17.0 Å². The molecule has 1 aromatic rings. The zero-order valence-corrected chi connectivity index (χ0v) is 14.2. The third-order valence-corrected chi connectivity index (χ3v) is 5.32. The molecule has 1 aromatic carbocycles. The number of nitrogens with zero attached hydrogens (tertiary/aromatic N) is 1. The maximum Gasteiger partial charge on any atom is 0.242 e. The SMILES string of the molecule is CCCNCc1cc(S(=O)(=O)N(C)CCC)cc(F)c1Cl. The van der Waals surface area contributed by atoms with Crippen LogP contribution in [0.5, 0.6) is 0 Å². The molecule has 1 rings (SSSR count). The molecule has 0 aliphatic heterocycles. The van der Waals surface area contributed by atoms with Gasteiger partial charge in [-0.1, -0.05) is 25.4 Å². The van der Waals surface area contributed by atoms with Crippen LogP contribution in [0.1, 0.15) is 32.3 Å². The fourth-order valence-corrected chi connectivity index (χ4v) is 3.41. The lowest BCUT2D eigenvalue weighted by atomic mass is 10.2. The molecule has 1 N–H and O–H groups in total. The number of hydrogen-bond acceptors (Lipinski definition) is 3. The Hall–Kier alpha value is -0.690. The summed E-state index contributed by atoms with van der Waals surface area (Å²) in [6, 6.07) is 2.42. The third-order valence-electron chi connectivity index (χ3n) is 3.07. The molecule has 0 atom stereocenters. The van der Waals surface area contributed by atoms with Crippen molar-refractivity contribution in [1.29, 1.82) is 0 Å². The number of hydrogen-bond donors (Lipinski definition) is 1. The number of halogens is 2. The van der Waals surface area contributed by atoms with Crippen LogP contribution < -0.4 is 5.32 Å². The van der Waals surface area contributed by atoms with E-state index in [0.717, 1.165) is 19.0 Å². The summed E-state index contributed by atoms with van der Waals surface area (Å²) in [5.41, 5.74) is 0.452. The van der Waals surface area contributed by atoms with E-state index >= 15 is 0 Å². The molecule has 0 aromatic heterocycles. The summed E-state index contributed by atoms with van der Waals surface area (Å²) >= 11 is 5.91. The van der Waals surface area contributed by atoms with Gasteiger partial charge in [0, 0.05) is 20.1 Å². The highest BCUT2D eigenvalue weighted by Gasteiger charge is 2.23. The van der Waals surface area contributed by atoms with Crippen molar-refractivity contribution < 1.29 is 12.8 Å². The highest BCUT2D eigenvalue weighted by Crippen LogP contribution is 2.26. The van der Waals surface area contributed by atoms with Crippen LogP contribution in [-0.2, 0) is 16.6 Å². The van der Waals surface area contributed by atoms with Crippen molar-refractivity contribution in [1.82, 2.24) is 9.62 Å². The third kappa shape index (κ3) is 4.64. The van der Waals surface area contributed by atoms with Gasteiger partial charge in [-0.2, -0.15) is 0 Å². The molecule has 0 radical (unpaired) electrons. The second kappa shape index (κ2) is 8.08. The Kier molecular flexibility index (Phi) is 7.06. The molecular weight excluding hydrogens is 315 g/mol. The Morgan fingerprint density at radius 1 is 1.29 bits per heavy atom. The van der Waals surface area contributed by atoms with E-state index in [1.165, 1.54) is 17.4 Å². The van der Waals surface area contributed by atoms with Crippen molar-refractivity contribution in [2.45, 2.75) is 38.1 Å². The van der Waals surface area contributed by atoms with Crippen molar-refractivity contribution in [2.24, 2.45) is 0 Å². The van der Waals surface area contributed by atoms with E-state index in [2.05, 4.69) is 5.32 Å². The van der Waals surface area contributed by atoms with E-state index in [-0.39, 0.29) is 9.92 Å². The summed E-state index contributed by atoms with van der Waals surface area (Å²) in [5, 5.41) is 3.06. The van der Waals surface area contributed by atoms with Crippen LogP contribution in [0.3, 0.4) is 0 Å². The Labute approximate surface area is 131 Å². The standard InChI is InChI=1S/C14H22ClFN2O2S/c1-4-6-17-10-11-8-12(9-13(16)14(11)15)21(19,20)18(3)7-5-2/h8-9,17H,4-7,10H2,1-3H3. The van der Waals surface area contributed by atoms with Crippen LogP contribution in [0, 0.1) is 5.82 Å². The van der Waals surface area contributed by atoms with Crippen molar-refractivity contribution >= 4 is 21.6 Å². The van der Waals surface area contributed by atoms with Crippen molar-refractivity contribution in [2.75, 3.05) is 20.1 Å². The topological polar surface area (TPSA) is 49.4 Å². The lowest BCUT2D eigenvalue weighted by molar-refractivity contribution is 0.467. The zero-order valence-electron chi connectivity index (χ0n) is 12.6. The van der Waals surface area contributed by atoms with Gasteiger partial charge in [-0.25, -0.2) is 17.1 Å². The molecule has 0 saturated carbocycles. The van der Waals surface area contributed by atoms with Gasteiger partial charge in [-0.15, -0.1) is 0 Å². The molecule has 120 valence electrons. The largest absolute Gasteiger partial charge is 0.313 e. The van der Waals surface area contributed by atoms with Crippen LogP contribution in [-0.4, -0.2) is 32.9 Å². The molecule has 4 nitrogen and oxygen atoms in total. The predicted molar refractivity (Wildman–Crippen MR) is 83.5 cm³/mol. The maximum absolute atomic E-state index is 13.9. The quantitative estimate of drug-likeness (QED) is 0.742. The fraction of sp³-hybridized carbons (Fsp3) is 0.571. The van der Waals surface area contributed by atoms with Gasteiger partial charge in [0.25, 0.3) is 0 Å². The molecule has 0 aliphatic carbocycles. The van der Waals surface area contributed by atoms with Crippen molar-refractivity contribution in [3.63, 3.8) is 0 Å². The predicted octanol–water partition coefficient (Wildman–Crippen LogP) is 3.01. The summed E-state index contributed by atoms with van der Waals surface area (Å²) in [6.45, 7) is 5.37. The van der Waals surface area contributed by atoms with Crippen molar-refractivity contribution in [3.05, 3.63) is 28.5 Å². The molecule has 0 aliphatic rings. The maximum atomic E-state index is 13.9. The van der Waals surface area contributed by atoms with Gasteiger partial charge in [0.15, 0.2) is 0 Å². The Balaban J connectivity index is 3.14. The first-order valence-corrected chi connectivity index (χ1v) is 8.81. The van der Waals surface area contributed by atoms with E-state index in [4.69, 9.17) is 11.6 Å². The first kappa shape index (κ1) is 18.4. The molecule has 0 unspecified atom stereocenters. The number of rotatable bonds is 8. The van der Waals surface area contributed by atoms with E-state index in [1.54, 1.807) is 0 Å². The first-order chi connectivity index (χ1) is 9.84. The lowest BCUT2D eigenvalue weighted by Crippen LogP contribution is -2.28. The smallest absolute Gasteiger partial charge is 0.242 e. The molecule has 0 heterocycles. The van der Waals surface area contributed by atoms with Crippen LogP contribution >= 0.6 is 11.6 Å². The number of nitrogens with one attached hydrogen (secondary N) is 1. The Morgan fingerprint density at radius 3 is 2.52 bits per heavy atom. The zero-order chi connectivity index (χ0) is 16.0. The van der Waals surface area contributed by atoms with Crippen LogP contribution in [0.2, 0.25) is 5.02 Å². The average molecular weight is 337 g/mol. The van der Waals surface area contributed by atoms with E-state index < -0.39 is 15.8 Å². The minimum Gasteiger partial charge on any atom is -0.313 e. The second-order valence-corrected chi connectivity index (χ2v) is 7.30. The molecular formula is C14H22ClFN2O2S. The highest BCUT2D eigenvalue weighted by atomic mass is 35.5. The molecule has 0 fully saturated rings. The molecule has 21 heavy (non-hydrogen) atoms. The van der Waals surface area contributed by atoms with Gasteiger partial charge in [0.1, 0.15) is 5.82 Å². The van der Waals surface area contributed by atoms with E-state index in [0.29, 0.717) is 25.1 Å². The van der Waals surface area contributed by atoms with Crippen LogP contribution in [0.4, 0.5) is 4.39 Å². The summed E-state index contributed by atoms with van der Waals surface area (Å²) in [4.78, 5) is -0.0614. The first-order valence-electron chi connectivity index (χ1n) is 6.99. The number of benzene rings is 1. The lowest BCUT2D eigenvalue weighted by Gasteiger charge is -2.17. The Bertz CT molecular complexity index is 579. The van der Waals surface area contributed by atoms with Gasteiger partial charge in [-0.05, 0) is 37.1 Å². The summed E-state index contributed by atoms with van der Waals surface area (Å²) < 4.78 is 39.8. The van der Waals surface area contributed by atoms with Gasteiger partial charge in [0.05, 0.1) is 9.92 Å². The summed E-state index contributed by atoms with van der Waals surface area (Å²) in [6.07, 6.45) is 1.62. The van der Waals surface area contributed by atoms with Gasteiger partial charge >= 0.3 is 0 Å². The molecule has 0 amide bonds. The van der Waals surface area contributed by atoms with Gasteiger partial charge < -0.3 is 5.32 Å². The van der Waals surface area contributed by atoms with E-state index in [9.17, 15) is 12.8 Å². The molecule has 0 saturated heterocycles. The van der Waals surface area contributed by atoms with Crippen LogP contribution in [0.25, 0.3) is 0 Å². The summed E-state index contributed by atoms with van der Waals surface area (Å²) in [5.74, 6) is -0.712. The minimum absolute atomic E-state index is 0.0318. The van der Waals surface area contributed by atoms with Crippen molar-refractivity contribution in [3.8, 4) is 0 Å². The molecule has 0 spiro atoms. The fourth-order valence-electron chi connectivity index (χ4n) is 1.91. The highest BCUT2D eigenvalue weighted by molar-refractivity contribution is 7.89. The second-order valence-electron chi connectivity index (χ2n) is 4.88. The van der Waals surface area contributed by atoms with Gasteiger partial charge in [-0.3, -0.25) is 0 Å². The van der Waals surface area contributed by atoms with E-state index in [1.807, 2.05) is 13.8 Å². The minimum atomic E-state index is -3.69. The average Bonchev–Trinajstić information content (AvgIpc) is 2.43. The molecule has 0 bridgehead atoms. The normalized spacial score (nSPS) is 12.1. The number of sulfonamides is 1. The monoisotopic (exact) mass is 336 g/mol.